The Hall–Kier alpha value is -1.22. The zero-order valence-corrected chi connectivity index (χ0v) is 10.8. The topological polar surface area (TPSA) is 29.5 Å². The van der Waals surface area contributed by atoms with Crippen LogP contribution in [0.3, 0.4) is 0 Å². The summed E-state index contributed by atoms with van der Waals surface area (Å²) >= 11 is 5.40. The van der Waals surface area contributed by atoms with Crippen LogP contribution in [0.4, 0.5) is 4.79 Å². The van der Waals surface area contributed by atoms with E-state index in [9.17, 15) is 4.79 Å². The van der Waals surface area contributed by atoms with Crippen molar-refractivity contribution in [2.45, 2.75) is 20.4 Å². The molecule has 88 valence electrons. The van der Waals surface area contributed by atoms with Crippen LogP contribution < -0.4 is 4.74 Å². The summed E-state index contributed by atoms with van der Waals surface area (Å²) in [7, 11) is 3.29. The predicted octanol–water partition coefficient (Wildman–Crippen LogP) is 3.10. The first-order valence-corrected chi connectivity index (χ1v) is 5.38. The van der Waals surface area contributed by atoms with Gasteiger partial charge in [0.25, 0.3) is 0 Å². The lowest BCUT2D eigenvalue weighted by atomic mass is 10.1. The molecule has 0 aromatic heterocycles. The Kier molecular flexibility index (Phi) is 4.19. The quantitative estimate of drug-likeness (QED) is 0.601. The first-order valence-electron chi connectivity index (χ1n) is 5.00. The average molecular weight is 242 g/mol. The lowest BCUT2D eigenvalue weighted by Gasteiger charge is -2.17. The molecule has 0 saturated carbocycles. The maximum atomic E-state index is 11.0. The zero-order valence-electron chi connectivity index (χ0n) is 10.0. The highest BCUT2D eigenvalue weighted by Crippen LogP contribution is 2.26. The summed E-state index contributed by atoms with van der Waals surface area (Å²) in [5.41, 5.74) is 3.17. The van der Waals surface area contributed by atoms with Crippen molar-refractivity contribution in [3.8, 4) is 5.75 Å². The van der Waals surface area contributed by atoms with E-state index < -0.39 is 5.37 Å². The minimum absolute atomic E-state index is 0.452. The van der Waals surface area contributed by atoms with E-state index in [0.29, 0.717) is 6.54 Å². The number of methoxy groups -OCH3 is 1. The standard InChI is InChI=1S/C12H16ClNO2/c1-8-5-9(2)11(16-4)10(6-8)7-14(3)12(13)15/h5-6H,7H2,1-4H3. The van der Waals surface area contributed by atoms with Gasteiger partial charge in [0.1, 0.15) is 5.75 Å². The molecule has 0 atom stereocenters. The van der Waals surface area contributed by atoms with Crippen molar-refractivity contribution in [3.05, 3.63) is 28.8 Å². The molecule has 0 bridgehead atoms. The lowest BCUT2D eigenvalue weighted by molar-refractivity contribution is 0.230. The van der Waals surface area contributed by atoms with E-state index >= 15 is 0 Å². The summed E-state index contributed by atoms with van der Waals surface area (Å²) in [6, 6.07) is 4.05. The maximum Gasteiger partial charge on any atom is 0.316 e. The van der Waals surface area contributed by atoms with Gasteiger partial charge in [-0.2, -0.15) is 0 Å². The van der Waals surface area contributed by atoms with Crippen molar-refractivity contribution >= 4 is 17.0 Å². The van der Waals surface area contributed by atoms with Gasteiger partial charge in [0, 0.05) is 12.6 Å². The van der Waals surface area contributed by atoms with E-state index in [1.165, 1.54) is 4.90 Å². The van der Waals surface area contributed by atoms with Gasteiger partial charge in [-0.05, 0) is 31.0 Å². The lowest BCUT2D eigenvalue weighted by Crippen LogP contribution is -2.20. The van der Waals surface area contributed by atoms with Crippen LogP contribution in [0.15, 0.2) is 12.1 Å². The number of halogens is 1. The molecule has 0 N–H and O–H groups in total. The van der Waals surface area contributed by atoms with Crippen LogP contribution in [0.1, 0.15) is 16.7 Å². The van der Waals surface area contributed by atoms with Gasteiger partial charge < -0.3 is 9.64 Å². The molecule has 0 heterocycles. The SMILES string of the molecule is COc1c(C)cc(C)cc1CN(C)C(=O)Cl. The van der Waals surface area contributed by atoms with Crippen molar-refractivity contribution in [2.75, 3.05) is 14.2 Å². The largest absolute Gasteiger partial charge is 0.496 e. The molecule has 0 aliphatic carbocycles. The van der Waals surface area contributed by atoms with Crippen molar-refractivity contribution in [2.24, 2.45) is 0 Å². The second-order valence-corrected chi connectivity index (χ2v) is 4.21. The number of hydrogen-bond acceptors (Lipinski definition) is 2. The Morgan fingerprint density at radius 2 is 2.06 bits per heavy atom. The highest BCUT2D eigenvalue weighted by Gasteiger charge is 2.12. The van der Waals surface area contributed by atoms with Crippen LogP contribution in [0.2, 0.25) is 0 Å². The molecule has 0 saturated heterocycles. The molecular formula is C12H16ClNO2. The van der Waals surface area contributed by atoms with Crippen LogP contribution >= 0.6 is 11.6 Å². The molecule has 0 spiro atoms. The highest BCUT2D eigenvalue weighted by molar-refractivity contribution is 6.62. The fourth-order valence-corrected chi connectivity index (χ4v) is 1.83. The molecule has 0 radical (unpaired) electrons. The van der Waals surface area contributed by atoms with Gasteiger partial charge in [0.15, 0.2) is 0 Å². The van der Waals surface area contributed by atoms with Crippen LogP contribution in [0.25, 0.3) is 0 Å². The van der Waals surface area contributed by atoms with E-state index in [1.54, 1.807) is 14.2 Å². The molecule has 1 rings (SSSR count). The number of benzene rings is 1. The molecule has 0 aliphatic heterocycles. The first kappa shape index (κ1) is 12.8. The van der Waals surface area contributed by atoms with Crippen LogP contribution in [0, 0.1) is 13.8 Å². The molecular weight excluding hydrogens is 226 g/mol. The molecule has 0 aliphatic rings. The molecule has 0 fully saturated rings. The smallest absolute Gasteiger partial charge is 0.316 e. The van der Waals surface area contributed by atoms with Crippen molar-refractivity contribution in [3.63, 3.8) is 0 Å². The molecule has 1 aromatic carbocycles. The molecule has 0 unspecified atom stereocenters. The van der Waals surface area contributed by atoms with E-state index in [0.717, 1.165) is 22.4 Å². The zero-order chi connectivity index (χ0) is 12.3. The Labute approximate surface area is 101 Å². The van der Waals surface area contributed by atoms with Gasteiger partial charge in [-0.1, -0.05) is 17.7 Å². The third kappa shape index (κ3) is 2.89. The van der Waals surface area contributed by atoms with Gasteiger partial charge in [0.2, 0.25) is 0 Å². The maximum absolute atomic E-state index is 11.0. The number of amides is 1. The summed E-state index contributed by atoms with van der Waals surface area (Å²) in [4.78, 5) is 12.4. The number of carbonyl (C=O) groups excluding carboxylic acids is 1. The molecule has 1 amide bonds. The van der Waals surface area contributed by atoms with E-state index in [1.807, 2.05) is 26.0 Å². The minimum Gasteiger partial charge on any atom is -0.496 e. The number of nitrogens with zero attached hydrogens (tertiary/aromatic N) is 1. The number of rotatable bonds is 3. The summed E-state index contributed by atoms with van der Waals surface area (Å²) in [6.07, 6.45) is 0. The van der Waals surface area contributed by atoms with Gasteiger partial charge in [0.05, 0.1) is 13.7 Å². The fourth-order valence-electron chi connectivity index (χ4n) is 1.77. The summed E-state index contributed by atoms with van der Waals surface area (Å²) in [5, 5.41) is -0.471. The van der Waals surface area contributed by atoms with Gasteiger partial charge in [-0.15, -0.1) is 0 Å². The third-order valence-corrected chi connectivity index (χ3v) is 2.70. The van der Waals surface area contributed by atoms with Crippen LogP contribution in [-0.2, 0) is 6.54 Å². The molecule has 3 nitrogen and oxygen atoms in total. The van der Waals surface area contributed by atoms with Crippen LogP contribution in [-0.4, -0.2) is 24.4 Å². The highest BCUT2D eigenvalue weighted by atomic mass is 35.5. The number of aryl methyl sites for hydroxylation is 2. The second kappa shape index (κ2) is 5.21. The normalized spacial score (nSPS) is 10.1. The fraction of sp³-hybridized carbons (Fsp3) is 0.417. The number of hydrogen-bond donors (Lipinski definition) is 0. The van der Waals surface area contributed by atoms with Crippen LogP contribution in [0.5, 0.6) is 5.75 Å². The number of ether oxygens (including phenoxy) is 1. The molecule has 1 aromatic rings. The molecule has 16 heavy (non-hydrogen) atoms. The first-order chi connectivity index (χ1) is 7.45. The number of carbonyl (C=O) groups is 1. The van der Waals surface area contributed by atoms with Gasteiger partial charge >= 0.3 is 5.37 Å². The van der Waals surface area contributed by atoms with Crippen molar-refractivity contribution in [1.82, 2.24) is 4.90 Å². The summed E-state index contributed by atoms with van der Waals surface area (Å²) < 4.78 is 5.33. The predicted molar refractivity (Wildman–Crippen MR) is 65.2 cm³/mol. The third-order valence-electron chi connectivity index (χ3n) is 2.41. The Bertz CT molecular complexity index is 404. The van der Waals surface area contributed by atoms with Gasteiger partial charge in [-0.3, -0.25) is 4.79 Å². The monoisotopic (exact) mass is 241 g/mol. The Balaban J connectivity index is 3.07. The minimum atomic E-state index is -0.471. The Morgan fingerprint density at radius 1 is 1.44 bits per heavy atom. The van der Waals surface area contributed by atoms with Crippen molar-refractivity contribution < 1.29 is 9.53 Å². The van der Waals surface area contributed by atoms with E-state index in [2.05, 4.69) is 0 Å². The second-order valence-electron chi connectivity index (χ2n) is 3.88. The molecule has 4 heteroatoms. The van der Waals surface area contributed by atoms with E-state index in [4.69, 9.17) is 16.3 Å². The van der Waals surface area contributed by atoms with Gasteiger partial charge in [-0.25, -0.2) is 0 Å². The average Bonchev–Trinajstić information content (AvgIpc) is 2.16. The summed E-state index contributed by atoms with van der Waals surface area (Å²) in [5.74, 6) is 0.815. The Morgan fingerprint density at radius 3 is 2.56 bits per heavy atom. The van der Waals surface area contributed by atoms with Crippen molar-refractivity contribution in [1.29, 1.82) is 0 Å². The summed E-state index contributed by atoms with van der Waals surface area (Å²) in [6.45, 7) is 4.45. The van der Waals surface area contributed by atoms with E-state index in [-0.39, 0.29) is 0 Å².